The van der Waals surface area contributed by atoms with Gasteiger partial charge in [-0.3, -0.25) is 0 Å². The van der Waals surface area contributed by atoms with Gasteiger partial charge in [-0.2, -0.15) is 15.0 Å². The molecular weight excluding hydrogens is 254 g/mol. The molecule has 0 radical (unpaired) electrons. The third kappa shape index (κ3) is 3.68. The first-order chi connectivity index (χ1) is 8.59. The molecule has 0 spiro atoms. The Morgan fingerprint density at radius 1 is 1.17 bits per heavy atom. The summed E-state index contributed by atoms with van der Waals surface area (Å²) in [6.07, 6.45) is 1.76. The summed E-state index contributed by atoms with van der Waals surface area (Å²) in [6, 6.07) is 0. The number of aliphatic hydroxyl groups excluding tert-OH is 1. The molecule has 1 aromatic heterocycles. The van der Waals surface area contributed by atoms with E-state index in [1.807, 2.05) is 0 Å². The molecule has 1 aromatic rings. The predicted molar refractivity (Wildman–Crippen MR) is 73.0 cm³/mol. The average molecular weight is 274 g/mol. The van der Waals surface area contributed by atoms with Crippen molar-refractivity contribution in [2.75, 3.05) is 30.8 Å². The minimum atomic E-state index is -0.154. The summed E-state index contributed by atoms with van der Waals surface area (Å²) in [4.78, 5) is 12.0. The molecule has 0 aliphatic rings. The summed E-state index contributed by atoms with van der Waals surface area (Å²) >= 11 is 5.79. The van der Waals surface area contributed by atoms with Gasteiger partial charge >= 0.3 is 0 Å². The lowest BCUT2D eigenvalue weighted by Gasteiger charge is -2.29. The zero-order chi connectivity index (χ0) is 13.6. The topological polar surface area (TPSA) is 83.0 Å². The maximum atomic E-state index is 9.48. The van der Waals surface area contributed by atoms with Crippen LogP contribution in [0.25, 0.3) is 0 Å². The number of nitrogens with zero attached hydrogens (tertiary/aromatic N) is 3. The molecule has 0 fully saturated rings. The van der Waals surface area contributed by atoms with E-state index in [4.69, 9.17) is 11.6 Å². The molecule has 0 saturated carbocycles. The van der Waals surface area contributed by atoms with Gasteiger partial charge in [0.1, 0.15) is 0 Å². The van der Waals surface area contributed by atoms with Gasteiger partial charge in [-0.25, -0.2) is 0 Å². The summed E-state index contributed by atoms with van der Waals surface area (Å²) in [5, 5.41) is 15.5. The SMILES string of the molecule is CCC(CC)(CO)CNc1nc(Cl)nc(NC)n1. The van der Waals surface area contributed by atoms with Gasteiger partial charge in [-0.15, -0.1) is 0 Å². The monoisotopic (exact) mass is 273 g/mol. The van der Waals surface area contributed by atoms with Crippen molar-refractivity contribution in [1.29, 1.82) is 0 Å². The fraction of sp³-hybridized carbons (Fsp3) is 0.727. The first-order valence-electron chi connectivity index (χ1n) is 6.03. The zero-order valence-electron chi connectivity index (χ0n) is 11.0. The Morgan fingerprint density at radius 3 is 2.28 bits per heavy atom. The van der Waals surface area contributed by atoms with Crippen LogP contribution in [0, 0.1) is 5.41 Å². The van der Waals surface area contributed by atoms with Crippen molar-refractivity contribution in [1.82, 2.24) is 15.0 Å². The van der Waals surface area contributed by atoms with Crippen LogP contribution in [-0.4, -0.2) is 40.3 Å². The lowest BCUT2D eigenvalue weighted by molar-refractivity contribution is 0.127. The predicted octanol–water partition coefficient (Wildman–Crippen LogP) is 1.78. The van der Waals surface area contributed by atoms with Crippen molar-refractivity contribution < 1.29 is 5.11 Å². The highest BCUT2D eigenvalue weighted by molar-refractivity contribution is 6.28. The number of nitrogens with one attached hydrogen (secondary N) is 2. The lowest BCUT2D eigenvalue weighted by Crippen LogP contribution is -2.32. The molecule has 0 aromatic carbocycles. The standard InChI is InChI=1S/C11H20ClN5O/c1-4-11(5-2,7-18)6-14-10-16-8(12)15-9(13-3)17-10/h18H,4-7H2,1-3H3,(H2,13,14,15,16,17). The van der Waals surface area contributed by atoms with Crippen molar-refractivity contribution in [2.45, 2.75) is 26.7 Å². The lowest BCUT2D eigenvalue weighted by atomic mass is 9.83. The number of aromatic nitrogens is 3. The van der Waals surface area contributed by atoms with Crippen LogP contribution >= 0.6 is 11.6 Å². The van der Waals surface area contributed by atoms with E-state index < -0.39 is 0 Å². The van der Waals surface area contributed by atoms with Gasteiger partial charge < -0.3 is 15.7 Å². The molecule has 6 nitrogen and oxygen atoms in total. The van der Waals surface area contributed by atoms with Crippen LogP contribution in [0.5, 0.6) is 0 Å². The minimum absolute atomic E-state index is 0.130. The quantitative estimate of drug-likeness (QED) is 0.702. The van der Waals surface area contributed by atoms with E-state index in [-0.39, 0.29) is 17.3 Å². The number of rotatable bonds is 7. The van der Waals surface area contributed by atoms with Crippen LogP contribution < -0.4 is 10.6 Å². The maximum Gasteiger partial charge on any atom is 0.228 e. The third-order valence-corrected chi connectivity index (χ3v) is 3.46. The number of hydrogen-bond donors (Lipinski definition) is 3. The van der Waals surface area contributed by atoms with Crippen molar-refractivity contribution in [3.63, 3.8) is 0 Å². The molecule has 18 heavy (non-hydrogen) atoms. The van der Waals surface area contributed by atoms with Crippen molar-refractivity contribution in [2.24, 2.45) is 5.41 Å². The van der Waals surface area contributed by atoms with Gasteiger partial charge in [-0.05, 0) is 24.4 Å². The van der Waals surface area contributed by atoms with Crippen LogP contribution in [0.4, 0.5) is 11.9 Å². The molecule has 1 rings (SSSR count). The molecule has 0 unspecified atom stereocenters. The Morgan fingerprint density at radius 2 is 1.78 bits per heavy atom. The highest BCUT2D eigenvalue weighted by atomic mass is 35.5. The van der Waals surface area contributed by atoms with Gasteiger partial charge in [-0.1, -0.05) is 13.8 Å². The van der Waals surface area contributed by atoms with Gasteiger partial charge in [0.25, 0.3) is 0 Å². The van der Waals surface area contributed by atoms with Gasteiger partial charge in [0.2, 0.25) is 17.2 Å². The highest BCUT2D eigenvalue weighted by Crippen LogP contribution is 2.25. The molecular formula is C11H20ClN5O. The molecule has 0 aliphatic heterocycles. The molecule has 0 atom stereocenters. The Hall–Kier alpha value is -1.14. The second-order valence-corrected chi connectivity index (χ2v) is 4.56. The number of hydrogen-bond acceptors (Lipinski definition) is 6. The van der Waals surface area contributed by atoms with E-state index in [0.717, 1.165) is 12.8 Å². The summed E-state index contributed by atoms with van der Waals surface area (Å²) in [5.74, 6) is 0.833. The normalized spacial score (nSPS) is 11.4. The number of halogens is 1. The fourth-order valence-electron chi connectivity index (χ4n) is 1.59. The minimum Gasteiger partial charge on any atom is -0.396 e. The van der Waals surface area contributed by atoms with Gasteiger partial charge in [0.15, 0.2) is 0 Å². The van der Waals surface area contributed by atoms with E-state index in [1.165, 1.54) is 0 Å². The van der Waals surface area contributed by atoms with Crippen LogP contribution in [0.1, 0.15) is 26.7 Å². The Kier molecular flexibility index (Phi) is 5.55. The van der Waals surface area contributed by atoms with Crippen LogP contribution in [0.3, 0.4) is 0 Å². The summed E-state index contributed by atoms with van der Waals surface area (Å²) in [7, 11) is 1.71. The Bertz CT molecular complexity index is 375. The molecule has 1 heterocycles. The summed E-state index contributed by atoms with van der Waals surface area (Å²) in [6.45, 7) is 4.84. The molecule has 0 amide bonds. The van der Waals surface area contributed by atoms with Crippen molar-refractivity contribution in [3.05, 3.63) is 5.28 Å². The summed E-state index contributed by atoms with van der Waals surface area (Å²) < 4.78 is 0. The van der Waals surface area contributed by atoms with Crippen LogP contribution in [-0.2, 0) is 0 Å². The van der Waals surface area contributed by atoms with Crippen molar-refractivity contribution in [3.8, 4) is 0 Å². The van der Waals surface area contributed by atoms with Crippen LogP contribution in [0.15, 0.2) is 0 Å². The number of aliphatic hydroxyl groups is 1. The summed E-state index contributed by atoms with van der Waals surface area (Å²) in [5.41, 5.74) is -0.154. The average Bonchev–Trinajstić information content (AvgIpc) is 2.40. The van der Waals surface area contributed by atoms with Gasteiger partial charge in [0.05, 0.1) is 6.61 Å². The molecule has 102 valence electrons. The number of anilines is 2. The third-order valence-electron chi connectivity index (χ3n) is 3.29. The molecule has 3 N–H and O–H groups in total. The van der Waals surface area contributed by atoms with E-state index in [2.05, 4.69) is 39.4 Å². The van der Waals surface area contributed by atoms with Crippen molar-refractivity contribution >= 4 is 23.5 Å². The maximum absolute atomic E-state index is 9.48. The highest BCUT2D eigenvalue weighted by Gasteiger charge is 2.25. The molecule has 0 aliphatic carbocycles. The molecule has 7 heteroatoms. The second-order valence-electron chi connectivity index (χ2n) is 4.22. The smallest absolute Gasteiger partial charge is 0.228 e. The fourth-order valence-corrected chi connectivity index (χ4v) is 1.75. The molecule has 0 saturated heterocycles. The Balaban J connectivity index is 2.76. The van der Waals surface area contributed by atoms with Crippen LogP contribution in [0.2, 0.25) is 5.28 Å². The largest absolute Gasteiger partial charge is 0.396 e. The molecule has 0 bridgehead atoms. The first kappa shape index (κ1) is 14.9. The van der Waals surface area contributed by atoms with Gasteiger partial charge in [0, 0.05) is 19.0 Å². The Labute approximate surface area is 112 Å². The second kappa shape index (κ2) is 6.70. The van der Waals surface area contributed by atoms with E-state index in [9.17, 15) is 5.11 Å². The van der Waals surface area contributed by atoms with E-state index in [1.54, 1.807) is 7.05 Å². The van der Waals surface area contributed by atoms with E-state index >= 15 is 0 Å². The van der Waals surface area contributed by atoms with E-state index in [0.29, 0.717) is 18.4 Å². The zero-order valence-corrected chi connectivity index (χ0v) is 11.8. The first-order valence-corrected chi connectivity index (χ1v) is 6.41.